The lowest BCUT2D eigenvalue weighted by atomic mass is 9.81. The third-order valence-corrected chi connectivity index (χ3v) is 5.13. The number of thioether (sulfide) groups is 1. The van der Waals surface area contributed by atoms with E-state index in [1.807, 2.05) is 12.1 Å². The molecule has 0 aromatic heterocycles. The number of fused-ring (bicyclic) bond motifs is 1. The number of nitrogens with two attached hydrogens (primary N) is 1. The van der Waals surface area contributed by atoms with Gasteiger partial charge in [-0.3, -0.25) is 4.99 Å². The average Bonchev–Trinajstić information content (AvgIpc) is 2.78. The van der Waals surface area contributed by atoms with E-state index in [4.69, 9.17) is 10.5 Å². The number of hydrogen-bond donors (Lipinski definition) is 1. The Bertz CT molecular complexity index is 522. The lowest BCUT2D eigenvalue weighted by Crippen LogP contribution is -2.37. The summed E-state index contributed by atoms with van der Waals surface area (Å²) in [4.78, 5) is 4.64. The first-order valence-electron chi connectivity index (χ1n) is 6.41. The van der Waals surface area contributed by atoms with Crippen molar-refractivity contribution >= 4 is 16.9 Å². The van der Waals surface area contributed by atoms with Gasteiger partial charge in [-0.2, -0.15) is 0 Å². The van der Waals surface area contributed by atoms with Crippen molar-refractivity contribution in [1.29, 1.82) is 0 Å². The molecule has 19 heavy (non-hydrogen) atoms. The predicted octanol–water partition coefficient (Wildman–Crippen LogP) is 2.51. The summed E-state index contributed by atoms with van der Waals surface area (Å²) in [5.74, 6) is 0.961. The Hall–Kier alpha value is -1.07. The molecule has 2 N–H and O–H groups in total. The molecule has 1 aliphatic carbocycles. The number of rotatable bonds is 2. The van der Waals surface area contributed by atoms with Gasteiger partial charge in [-0.15, -0.1) is 0 Å². The first-order chi connectivity index (χ1) is 9.15. The number of nitrogens with zero attached hydrogens (tertiary/aromatic N) is 1. The average molecular weight is 280 g/mol. The summed E-state index contributed by atoms with van der Waals surface area (Å²) in [5, 5.41) is 0.552. The first-order valence-corrected chi connectivity index (χ1v) is 7.40. The number of ether oxygens (including phenoxy) is 1. The highest BCUT2D eigenvalue weighted by Crippen LogP contribution is 2.51. The zero-order valence-corrected chi connectivity index (χ0v) is 11.6. The van der Waals surface area contributed by atoms with E-state index in [1.54, 1.807) is 24.9 Å². The number of halogens is 1. The zero-order chi connectivity index (χ0) is 13.5. The molecule has 0 radical (unpaired) electrons. The van der Waals surface area contributed by atoms with Crippen molar-refractivity contribution in [2.24, 2.45) is 16.6 Å². The SMILES string of the molecule is CO[C@H]1C[C@H]2CSC(N)=N[C@@]2(c2ccccc2F)C1. The minimum Gasteiger partial charge on any atom is -0.381 e. The Morgan fingerprint density at radius 3 is 3.00 bits per heavy atom. The molecule has 0 unspecified atom stereocenters. The molecule has 1 aliphatic heterocycles. The van der Waals surface area contributed by atoms with Crippen LogP contribution in [0.5, 0.6) is 0 Å². The smallest absolute Gasteiger partial charge is 0.154 e. The van der Waals surface area contributed by atoms with Crippen LogP contribution in [0.3, 0.4) is 0 Å². The van der Waals surface area contributed by atoms with Crippen LogP contribution >= 0.6 is 11.8 Å². The molecule has 102 valence electrons. The largest absolute Gasteiger partial charge is 0.381 e. The van der Waals surface area contributed by atoms with E-state index in [2.05, 4.69) is 4.99 Å². The molecule has 5 heteroatoms. The lowest BCUT2D eigenvalue weighted by molar-refractivity contribution is 0.102. The standard InChI is InChI=1S/C14H17FN2OS/c1-18-10-6-9-8-19-13(16)17-14(9,7-10)11-4-2-3-5-12(11)15/h2-5,9-10H,6-8H2,1H3,(H2,16,17)/t9-,10-,14-/m0/s1. The predicted molar refractivity (Wildman–Crippen MR) is 75.7 cm³/mol. The Balaban J connectivity index is 2.11. The van der Waals surface area contributed by atoms with Crippen LogP contribution in [0.15, 0.2) is 29.3 Å². The van der Waals surface area contributed by atoms with Gasteiger partial charge in [0.05, 0.1) is 11.6 Å². The molecule has 3 nitrogen and oxygen atoms in total. The maximum atomic E-state index is 14.2. The molecular weight excluding hydrogens is 263 g/mol. The second kappa shape index (κ2) is 4.80. The summed E-state index contributed by atoms with van der Waals surface area (Å²) >= 11 is 1.56. The second-order valence-electron chi connectivity index (χ2n) is 5.16. The van der Waals surface area contributed by atoms with E-state index in [0.29, 0.717) is 17.2 Å². The number of amidine groups is 1. The van der Waals surface area contributed by atoms with Gasteiger partial charge in [0.1, 0.15) is 5.82 Å². The highest BCUT2D eigenvalue weighted by Gasteiger charge is 2.51. The quantitative estimate of drug-likeness (QED) is 0.905. The minimum atomic E-state index is -0.540. The maximum Gasteiger partial charge on any atom is 0.154 e. The van der Waals surface area contributed by atoms with Gasteiger partial charge in [0, 0.05) is 30.8 Å². The van der Waals surface area contributed by atoms with Gasteiger partial charge in [-0.05, 0) is 12.5 Å². The van der Waals surface area contributed by atoms with E-state index in [9.17, 15) is 4.39 Å². The Labute approximate surface area is 116 Å². The summed E-state index contributed by atoms with van der Waals surface area (Å²) in [6, 6.07) is 6.89. The van der Waals surface area contributed by atoms with Gasteiger partial charge < -0.3 is 10.5 Å². The van der Waals surface area contributed by atoms with Gasteiger partial charge in [0.15, 0.2) is 5.17 Å². The molecular formula is C14H17FN2OS. The van der Waals surface area contributed by atoms with Gasteiger partial charge in [-0.25, -0.2) is 4.39 Å². The van der Waals surface area contributed by atoms with Crippen molar-refractivity contribution in [1.82, 2.24) is 0 Å². The summed E-state index contributed by atoms with van der Waals surface area (Å²) in [5.41, 5.74) is 6.01. The molecule has 1 saturated carbocycles. The van der Waals surface area contributed by atoms with Crippen LogP contribution in [0.1, 0.15) is 18.4 Å². The van der Waals surface area contributed by atoms with Crippen LogP contribution in [-0.2, 0) is 10.3 Å². The first kappa shape index (κ1) is 12.9. The fraction of sp³-hybridized carbons (Fsp3) is 0.500. The number of aliphatic imine (C=N–C) groups is 1. The fourth-order valence-corrected chi connectivity index (χ4v) is 4.26. The Morgan fingerprint density at radius 2 is 2.26 bits per heavy atom. The molecule has 1 fully saturated rings. The van der Waals surface area contributed by atoms with Gasteiger partial charge in [-0.1, -0.05) is 30.0 Å². The van der Waals surface area contributed by atoms with Crippen LogP contribution in [0.4, 0.5) is 4.39 Å². The van der Waals surface area contributed by atoms with Crippen molar-refractivity contribution in [3.05, 3.63) is 35.6 Å². The van der Waals surface area contributed by atoms with E-state index in [1.165, 1.54) is 6.07 Å². The van der Waals surface area contributed by atoms with Crippen molar-refractivity contribution in [2.45, 2.75) is 24.5 Å². The third-order valence-electron chi connectivity index (χ3n) is 4.18. The third kappa shape index (κ3) is 2.05. The van der Waals surface area contributed by atoms with E-state index in [0.717, 1.165) is 12.2 Å². The molecule has 3 atom stereocenters. The summed E-state index contributed by atoms with van der Waals surface area (Å²) < 4.78 is 19.7. The van der Waals surface area contributed by atoms with Crippen LogP contribution < -0.4 is 5.73 Å². The topological polar surface area (TPSA) is 47.6 Å². The highest BCUT2D eigenvalue weighted by atomic mass is 32.2. The molecule has 3 rings (SSSR count). The number of hydrogen-bond acceptors (Lipinski definition) is 4. The lowest BCUT2D eigenvalue weighted by Gasteiger charge is -2.35. The van der Waals surface area contributed by atoms with E-state index >= 15 is 0 Å². The van der Waals surface area contributed by atoms with Crippen molar-refractivity contribution in [2.75, 3.05) is 12.9 Å². The molecule has 1 heterocycles. The molecule has 1 aromatic rings. The summed E-state index contributed by atoms with van der Waals surface area (Å²) in [7, 11) is 1.71. The second-order valence-corrected chi connectivity index (χ2v) is 6.20. The van der Waals surface area contributed by atoms with Gasteiger partial charge in [0.2, 0.25) is 0 Å². The Morgan fingerprint density at radius 1 is 1.47 bits per heavy atom. The maximum absolute atomic E-state index is 14.2. The van der Waals surface area contributed by atoms with Crippen molar-refractivity contribution < 1.29 is 9.13 Å². The molecule has 0 amide bonds. The molecule has 2 aliphatic rings. The fourth-order valence-electron chi connectivity index (χ4n) is 3.25. The van der Waals surface area contributed by atoms with Crippen LogP contribution in [0.2, 0.25) is 0 Å². The van der Waals surface area contributed by atoms with Crippen LogP contribution in [-0.4, -0.2) is 24.1 Å². The molecule has 0 bridgehead atoms. The minimum absolute atomic E-state index is 0.125. The molecule has 1 aromatic carbocycles. The highest BCUT2D eigenvalue weighted by molar-refractivity contribution is 8.13. The van der Waals surface area contributed by atoms with Gasteiger partial charge >= 0.3 is 0 Å². The summed E-state index contributed by atoms with van der Waals surface area (Å²) in [6.45, 7) is 0. The normalized spacial score (nSPS) is 33.9. The van der Waals surface area contributed by atoms with Crippen LogP contribution in [0.25, 0.3) is 0 Å². The Kier molecular flexibility index (Phi) is 3.27. The van der Waals surface area contributed by atoms with Crippen LogP contribution in [0, 0.1) is 11.7 Å². The number of methoxy groups -OCH3 is 1. The summed E-state index contributed by atoms with van der Waals surface area (Å²) in [6.07, 6.45) is 1.74. The van der Waals surface area contributed by atoms with Crippen molar-refractivity contribution in [3.63, 3.8) is 0 Å². The zero-order valence-electron chi connectivity index (χ0n) is 10.8. The molecule has 0 saturated heterocycles. The monoisotopic (exact) mass is 280 g/mol. The van der Waals surface area contributed by atoms with E-state index in [-0.39, 0.29) is 17.8 Å². The van der Waals surface area contributed by atoms with Crippen molar-refractivity contribution in [3.8, 4) is 0 Å². The number of benzene rings is 1. The molecule has 0 spiro atoms. The van der Waals surface area contributed by atoms with Gasteiger partial charge in [0.25, 0.3) is 0 Å². The van der Waals surface area contributed by atoms with E-state index < -0.39 is 5.54 Å².